The molecule has 0 radical (unpaired) electrons. The van der Waals surface area contributed by atoms with Gasteiger partial charge < -0.3 is 28.6 Å². The van der Waals surface area contributed by atoms with Gasteiger partial charge in [0.25, 0.3) is 5.91 Å². The smallest absolute Gasteiger partial charge is 0.290 e. The molecule has 0 bridgehead atoms. The average Bonchev–Trinajstić information content (AvgIpc) is 3.52. The van der Waals surface area contributed by atoms with Crippen molar-refractivity contribution in [3.05, 3.63) is 65.3 Å². The van der Waals surface area contributed by atoms with Gasteiger partial charge in [0, 0.05) is 26.2 Å². The van der Waals surface area contributed by atoms with Crippen LogP contribution < -0.4 is 9.47 Å². The number of rotatable bonds is 11. The van der Waals surface area contributed by atoms with Crippen molar-refractivity contribution in [1.82, 2.24) is 9.80 Å². The second kappa shape index (κ2) is 11.9. The molecule has 1 saturated heterocycles. The summed E-state index contributed by atoms with van der Waals surface area (Å²) in [5.41, 5.74) is 0.666. The van der Waals surface area contributed by atoms with Crippen LogP contribution in [-0.2, 0) is 14.3 Å². The van der Waals surface area contributed by atoms with Crippen LogP contribution in [0, 0.1) is 0 Å². The van der Waals surface area contributed by atoms with Crippen LogP contribution in [0.2, 0.25) is 0 Å². The molecule has 2 aromatic rings. The number of hydrogen-bond acceptors (Lipinski definition) is 8. The molecule has 2 aliphatic heterocycles. The Kier molecular flexibility index (Phi) is 8.45. The zero-order chi connectivity index (χ0) is 25.5. The molecule has 1 amide bonds. The number of aliphatic hydroxyl groups excluding tert-OH is 1. The van der Waals surface area contributed by atoms with E-state index >= 15 is 0 Å². The monoisotopic (exact) mass is 496 g/mol. The number of ether oxygens (including phenoxy) is 3. The Morgan fingerprint density at radius 3 is 2.69 bits per heavy atom. The van der Waals surface area contributed by atoms with Crippen molar-refractivity contribution in [1.29, 1.82) is 0 Å². The number of allylic oxidation sites excluding steroid dienone is 1. The minimum absolute atomic E-state index is 0.0223. The fraction of sp³-hybridized carbons (Fsp3) is 0.407. The van der Waals surface area contributed by atoms with Crippen LogP contribution >= 0.6 is 0 Å². The Labute approximate surface area is 210 Å². The van der Waals surface area contributed by atoms with E-state index in [1.54, 1.807) is 42.3 Å². The highest BCUT2D eigenvalue weighted by molar-refractivity contribution is 6.14. The standard InChI is InChI=1S/C27H32N2O7/c1-3-14-36-22-9-6-19(18-23(22)33-2)25-24(21(30)8-7-20-5-4-15-35-20)26(31)27(32)29(25)11-10-28-12-16-34-17-13-28/h4-9,15,18,25,31H,3,10-14,16-17H2,1-2H3/b8-7+/t25-/m1/s1. The first kappa shape index (κ1) is 25.5. The van der Waals surface area contributed by atoms with Crippen LogP contribution in [0.15, 0.2) is 58.4 Å². The first-order valence-corrected chi connectivity index (χ1v) is 12.1. The molecule has 1 N–H and O–H groups in total. The number of amides is 1. The predicted octanol–water partition coefficient (Wildman–Crippen LogP) is 3.39. The summed E-state index contributed by atoms with van der Waals surface area (Å²) in [6.45, 7) is 6.28. The van der Waals surface area contributed by atoms with Gasteiger partial charge in [0.1, 0.15) is 5.76 Å². The van der Waals surface area contributed by atoms with E-state index in [1.165, 1.54) is 18.4 Å². The molecule has 9 heteroatoms. The summed E-state index contributed by atoms with van der Waals surface area (Å²) in [6.07, 6.45) is 5.17. The lowest BCUT2D eigenvalue weighted by atomic mass is 9.95. The summed E-state index contributed by atoms with van der Waals surface area (Å²) in [5, 5.41) is 10.8. The highest BCUT2D eigenvalue weighted by Crippen LogP contribution is 2.41. The molecular weight excluding hydrogens is 464 g/mol. The lowest BCUT2D eigenvalue weighted by molar-refractivity contribution is -0.129. The van der Waals surface area contributed by atoms with E-state index in [4.69, 9.17) is 18.6 Å². The van der Waals surface area contributed by atoms with Crippen molar-refractivity contribution in [2.24, 2.45) is 0 Å². The highest BCUT2D eigenvalue weighted by atomic mass is 16.5. The summed E-state index contributed by atoms with van der Waals surface area (Å²) < 4.78 is 22.0. The Morgan fingerprint density at radius 2 is 2.00 bits per heavy atom. The zero-order valence-electron chi connectivity index (χ0n) is 20.6. The number of methoxy groups -OCH3 is 1. The predicted molar refractivity (Wildman–Crippen MR) is 133 cm³/mol. The summed E-state index contributed by atoms with van der Waals surface area (Å²) in [7, 11) is 1.54. The first-order valence-electron chi connectivity index (χ1n) is 12.1. The summed E-state index contributed by atoms with van der Waals surface area (Å²) in [6, 6.07) is 7.97. The maximum Gasteiger partial charge on any atom is 0.290 e. The van der Waals surface area contributed by atoms with Crippen molar-refractivity contribution in [2.75, 3.05) is 53.1 Å². The second-order valence-corrected chi connectivity index (χ2v) is 8.59. The van der Waals surface area contributed by atoms with Gasteiger partial charge in [0.15, 0.2) is 23.0 Å². The van der Waals surface area contributed by atoms with Crippen LogP contribution in [0.3, 0.4) is 0 Å². The molecule has 3 heterocycles. The second-order valence-electron chi connectivity index (χ2n) is 8.59. The molecule has 192 valence electrons. The van der Waals surface area contributed by atoms with Crippen LogP contribution in [0.4, 0.5) is 0 Å². The maximum absolute atomic E-state index is 13.3. The Balaban J connectivity index is 1.66. The number of morpholine rings is 1. The lowest BCUT2D eigenvalue weighted by Gasteiger charge is -2.31. The number of hydrogen-bond donors (Lipinski definition) is 1. The number of ketones is 1. The molecule has 4 rings (SSSR count). The molecule has 0 unspecified atom stereocenters. The van der Waals surface area contributed by atoms with Crippen molar-refractivity contribution in [2.45, 2.75) is 19.4 Å². The number of aliphatic hydroxyl groups is 1. The molecule has 36 heavy (non-hydrogen) atoms. The molecule has 0 spiro atoms. The number of nitrogens with zero attached hydrogens (tertiary/aromatic N) is 2. The zero-order valence-corrected chi connectivity index (χ0v) is 20.6. The quantitative estimate of drug-likeness (QED) is 0.473. The largest absolute Gasteiger partial charge is 0.503 e. The van der Waals surface area contributed by atoms with Gasteiger partial charge in [-0.3, -0.25) is 14.5 Å². The molecule has 1 aromatic heterocycles. The van der Waals surface area contributed by atoms with Crippen LogP contribution in [0.1, 0.15) is 30.7 Å². The Hall–Kier alpha value is -3.56. The van der Waals surface area contributed by atoms with Gasteiger partial charge >= 0.3 is 0 Å². The summed E-state index contributed by atoms with van der Waals surface area (Å²) in [5.74, 6) is -0.0273. The van der Waals surface area contributed by atoms with Crippen molar-refractivity contribution >= 4 is 17.8 Å². The average molecular weight is 497 g/mol. The fourth-order valence-corrected chi connectivity index (χ4v) is 4.38. The number of carbonyl (C=O) groups is 2. The van der Waals surface area contributed by atoms with Crippen LogP contribution in [0.25, 0.3) is 6.08 Å². The Bertz CT molecular complexity index is 1120. The number of carbonyl (C=O) groups excluding carboxylic acids is 2. The molecular formula is C27H32N2O7. The summed E-state index contributed by atoms with van der Waals surface area (Å²) in [4.78, 5) is 30.2. The fourth-order valence-electron chi connectivity index (χ4n) is 4.38. The van der Waals surface area contributed by atoms with Gasteiger partial charge in [-0.1, -0.05) is 13.0 Å². The van der Waals surface area contributed by atoms with E-state index in [2.05, 4.69) is 4.90 Å². The maximum atomic E-state index is 13.3. The molecule has 1 fully saturated rings. The molecule has 9 nitrogen and oxygen atoms in total. The molecule has 2 aliphatic rings. The van der Waals surface area contributed by atoms with E-state index in [-0.39, 0.29) is 5.57 Å². The third-order valence-electron chi connectivity index (χ3n) is 6.24. The van der Waals surface area contributed by atoms with Gasteiger partial charge in [0.05, 0.1) is 44.8 Å². The minimum Gasteiger partial charge on any atom is -0.503 e. The number of benzene rings is 1. The van der Waals surface area contributed by atoms with Gasteiger partial charge in [-0.15, -0.1) is 0 Å². The van der Waals surface area contributed by atoms with Crippen molar-refractivity contribution in [3.63, 3.8) is 0 Å². The van der Waals surface area contributed by atoms with E-state index in [1.807, 2.05) is 6.92 Å². The molecule has 0 aliphatic carbocycles. The van der Waals surface area contributed by atoms with E-state index < -0.39 is 23.5 Å². The van der Waals surface area contributed by atoms with Gasteiger partial charge in [-0.2, -0.15) is 0 Å². The third-order valence-corrected chi connectivity index (χ3v) is 6.24. The first-order chi connectivity index (χ1) is 17.5. The van der Waals surface area contributed by atoms with E-state index in [0.717, 1.165) is 19.5 Å². The van der Waals surface area contributed by atoms with Crippen LogP contribution in [-0.4, -0.2) is 79.7 Å². The topological polar surface area (TPSA) is 102 Å². The summed E-state index contributed by atoms with van der Waals surface area (Å²) >= 11 is 0. The SMILES string of the molecule is CCCOc1ccc([C@@H]2C(C(=O)/C=C/c3ccco3)=C(O)C(=O)N2CCN2CCOCC2)cc1OC. The van der Waals surface area contributed by atoms with Gasteiger partial charge in [0.2, 0.25) is 0 Å². The minimum atomic E-state index is -0.776. The van der Waals surface area contributed by atoms with Gasteiger partial charge in [-0.25, -0.2) is 0 Å². The lowest BCUT2D eigenvalue weighted by Crippen LogP contribution is -2.43. The van der Waals surface area contributed by atoms with E-state index in [0.29, 0.717) is 55.7 Å². The normalized spacial score (nSPS) is 18.9. The molecule has 1 atom stereocenters. The van der Waals surface area contributed by atoms with Crippen molar-refractivity contribution < 1.29 is 33.3 Å². The van der Waals surface area contributed by atoms with Crippen LogP contribution in [0.5, 0.6) is 11.5 Å². The highest BCUT2D eigenvalue weighted by Gasteiger charge is 2.43. The van der Waals surface area contributed by atoms with E-state index in [9.17, 15) is 14.7 Å². The van der Waals surface area contributed by atoms with Crippen molar-refractivity contribution in [3.8, 4) is 11.5 Å². The molecule has 0 saturated carbocycles. The van der Waals surface area contributed by atoms with Gasteiger partial charge in [-0.05, 0) is 48.4 Å². The third kappa shape index (κ3) is 5.63. The Morgan fingerprint density at radius 1 is 1.19 bits per heavy atom. The molecule has 1 aromatic carbocycles. The number of furan rings is 1.